The van der Waals surface area contributed by atoms with Gasteiger partial charge in [0.1, 0.15) is 0 Å². The van der Waals surface area contributed by atoms with Gasteiger partial charge in [0.05, 0.1) is 6.61 Å². The zero-order valence-corrected chi connectivity index (χ0v) is 15.7. The summed E-state index contributed by atoms with van der Waals surface area (Å²) in [6.45, 7) is 6.96. The zero-order valence-electron chi connectivity index (χ0n) is 14.9. The van der Waals surface area contributed by atoms with Crippen molar-refractivity contribution in [3.63, 3.8) is 0 Å². The molecule has 0 bridgehead atoms. The third-order valence-electron chi connectivity index (χ3n) is 3.50. The summed E-state index contributed by atoms with van der Waals surface area (Å²) in [6.07, 6.45) is 8.54. The highest BCUT2D eigenvalue weighted by Crippen LogP contribution is 2.25. The molecule has 2 rings (SSSR count). The number of allylic oxidation sites excluding steroid dienone is 3. The van der Waals surface area contributed by atoms with Gasteiger partial charge in [0.25, 0.3) is 0 Å². The summed E-state index contributed by atoms with van der Waals surface area (Å²) in [4.78, 5) is 0. The average molecular weight is 365 g/mol. The molecule has 24 heavy (non-hydrogen) atoms. The second-order valence-electron chi connectivity index (χ2n) is 5.55. The smallest absolute Gasteiger partial charge is 0.333 e. The molecule has 142 valence electrons. The van der Waals surface area contributed by atoms with Gasteiger partial charge in [-0.3, -0.25) is 4.18 Å². The lowest BCUT2D eigenvalue weighted by molar-refractivity contribution is -0.152. The SMILES string of the molecule is CC.CC1=C(CCCOS(N)(=O)=O)NCC=C1.OC1(O)CCCC1. The molecule has 0 radical (unpaired) electrons. The van der Waals surface area contributed by atoms with E-state index < -0.39 is 16.1 Å². The number of nitrogens with one attached hydrogen (secondary N) is 1. The van der Waals surface area contributed by atoms with Crippen LogP contribution in [0.1, 0.15) is 59.3 Å². The summed E-state index contributed by atoms with van der Waals surface area (Å²) >= 11 is 0. The molecule has 0 atom stereocenters. The number of dihydropyridines is 1. The summed E-state index contributed by atoms with van der Waals surface area (Å²) in [5.74, 6) is -1.31. The van der Waals surface area contributed by atoms with E-state index in [2.05, 4.69) is 9.50 Å². The first kappa shape index (κ1) is 23.1. The molecule has 0 aromatic rings. The monoisotopic (exact) mass is 364 g/mol. The summed E-state index contributed by atoms with van der Waals surface area (Å²) < 4.78 is 25.4. The van der Waals surface area contributed by atoms with Crippen LogP contribution in [0, 0.1) is 0 Å². The molecule has 2 aliphatic rings. The lowest BCUT2D eigenvalue weighted by atomic mass is 10.1. The average Bonchev–Trinajstić information content (AvgIpc) is 2.91. The first-order valence-corrected chi connectivity index (χ1v) is 9.89. The molecular formula is C16H32N2O5S. The van der Waals surface area contributed by atoms with Crippen LogP contribution in [0.15, 0.2) is 23.4 Å². The maximum Gasteiger partial charge on any atom is 0.333 e. The fourth-order valence-electron chi connectivity index (χ4n) is 2.31. The molecule has 7 nitrogen and oxygen atoms in total. The molecule has 1 aliphatic heterocycles. The summed E-state index contributed by atoms with van der Waals surface area (Å²) in [5, 5.41) is 25.4. The predicted octanol–water partition coefficient (Wildman–Crippen LogP) is 1.69. The van der Waals surface area contributed by atoms with Gasteiger partial charge in [-0.1, -0.05) is 26.0 Å². The van der Waals surface area contributed by atoms with Crippen molar-refractivity contribution in [1.82, 2.24) is 5.32 Å². The molecule has 0 saturated heterocycles. The molecular weight excluding hydrogens is 332 g/mol. The molecule has 1 heterocycles. The minimum Gasteiger partial charge on any atom is -0.385 e. The van der Waals surface area contributed by atoms with Crippen LogP contribution in [0.25, 0.3) is 0 Å². The van der Waals surface area contributed by atoms with Gasteiger partial charge in [-0.25, -0.2) is 5.14 Å². The van der Waals surface area contributed by atoms with E-state index in [0.717, 1.165) is 31.5 Å². The largest absolute Gasteiger partial charge is 0.385 e. The number of nitrogens with two attached hydrogens (primary N) is 1. The second-order valence-corrected chi connectivity index (χ2v) is 6.77. The van der Waals surface area contributed by atoms with Crippen LogP contribution in [0.2, 0.25) is 0 Å². The van der Waals surface area contributed by atoms with Crippen LogP contribution >= 0.6 is 0 Å². The molecule has 1 saturated carbocycles. The van der Waals surface area contributed by atoms with Crippen molar-refractivity contribution in [3.05, 3.63) is 23.4 Å². The Morgan fingerprint density at radius 1 is 1.29 bits per heavy atom. The maximum atomic E-state index is 10.5. The number of hydrogen-bond donors (Lipinski definition) is 4. The van der Waals surface area contributed by atoms with Gasteiger partial charge in [0, 0.05) is 25.1 Å². The highest BCUT2D eigenvalue weighted by atomic mass is 32.2. The Morgan fingerprint density at radius 3 is 2.29 bits per heavy atom. The minimum absolute atomic E-state index is 0.126. The molecule has 1 fully saturated rings. The van der Waals surface area contributed by atoms with E-state index in [4.69, 9.17) is 15.4 Å². The molecule has 0 aromatic carbocycles. The maximum absolute atomic E-state index is 10.5. The van der Waals surface area contributed by atoms with E-state index >= 15 is 0 Å². The van der Waals surface area contributed by atoms with Gasteiger partial charge in [-0.15, -0.1) is 0 Å². The highest BCUT2D eigenvalue weighted by molar-refractivity contribution is 7.84. The van der Waals surface area contributed by atoms with Crippen molar-refractivity contribution in [2.75, 3.05) is 13.2 Å². The normalized spacial score (nSPS) is 18.9. The number of rotatable bonds is 5. The van der Waals surface area contributed by atoms with Gasteiger partial charge in [-0.05, 0) is 38.2 Å². The Bertz CT molecular complexity index is 505. The Hall–Kier alpha value is -0.930. The van der Waals surface area contributed by atoms with Crippen molar-refractivity contribution >= 4 is 10.3 Å². The molecule has 0 unspecified atom stereocenters. The van der Waals surface area contributed by atoms with Crippen molar-refractivity contribution in [3.8, 4) is 0 Å². The van der Waals surface area contributed by atoms with Crippen LogP contribution in [0.4, 0.5) is 0 Å². The van der Waals surface area contributed by atoms with Gasteiger partial charge < -0.3 is 15.5 Å². The van der Waals surface area contributed by atoms with Crippen molar-refractivity contribution in [2.24, 2.45) is 5.14 Å². The molecule has 0 spiro atoms. The van der Waals surface area contributed by atoms with E-state index in [1.54, 1.807) is 0 Å². The molecule has 1 aliphatic carbocycles. The number of aliphatic hydroxyl groups is 2. The molecule has 0 aromatic heterocycles. The first-order valence-electron chi connectivity index (χ1n) is 8.42. The van der Waals surface area contributed by atoms with Gasteiger partial charge >= 0.3 is 10.3 Å². The fourth-order valence-corrected chi connectivity index (χ4v) is 2.66. The predicted molar refractivity (Wildman–Crippen MR) is 95.1 cm³/mol. The fraction of sp³-hybridized carbons (Fsp3) is 0.750. The van der Waals surface area contributed by atoms with Crippen molar-refractivity contribution in [2.45, 2.75) is 65.1 Å². The van der Waals surface area contributed by atoms with E-state index in [0.29, 0.717) is 19.3 Å². The van der Waals surface area contributed by atoms with Crippen LogP contribution in [0.5, 0.6) is 0 Å². The van der Waals surface area contributed by atoms with Crippen LogP contribution in [-0.2, 0) is 14.5 Å². The zero-order chi connectivity index (χ0) is 18.6. The quantitative estimate of drug-likeness (QED) is 0.435. The lowest BCUT2D eigenvalue weighted by Gasteiger charge is -2.15. The molecule has 0 amide bonds. The van der Waals surface area contributed by atoms with Crippen molar-refractivity contribution in [1.29, 1.82) is 0 Å². The highest BCUT2D eigenvalue weighted by Gasteiger charge is 2.26. The van der Waals surface area contributed by atoms with Crippen LogP contribution in [-0.4, -0.2) is 37.6 Å². The second kappa shape index (κ2) is 11.6. The Labute approximate surface area is 145 Å². The topological polar surface area (TPSA) is 122 Å². The molecule has 8 heteroatoms. The Kier molecular flexibility index (Phi) is 11.1. The first-order chi connectivity index (χ1) is 11.2. The van der Waals surface area contributed by atoms with Crippen molar-refractivity contribution < 1.29 is 22.8 Å². The van der Waals surface area contributed by atoms with Gasteiger partial charge in [-0.2, -0.15) is 8.42 Å². The molecule has 5 N–H and O–H groups in total. The number of hydrogen-bond acceptors (Lipinski definition) is 6. The van der Waals surface area contributed by atoms with E-state index in [-0.39, 0.29) is 6.61 Å². The third kappa shape index (κ3) is 11.6. The van der Waals surface area contributed by atoms with Crippen LogP contribution in [0.3, 0.4) is 0 Å². The van der Waals surface area contributed by atoms with E-state index in [1.165, 1.54) is 5.57 Å². The third-order valence-corrected chi connectivity index (χ3v) is 4.00. The standard InChI is InChI=1S/C9H16N2O3S.C5H10O2.C2H6/c1-8-4-2-6-11-9(8)5-3-7-14-15(10,12)13;6-5(7)3-1-2-4-5;1-2/h2,4,11H,3,5-7H2,1H3,(H2,10,12,13);6-7H,1-4H2;1-2H3. The van der Waals surface area contributed by atoms with Gasteiger partial charge in [0.15, 0.2) is 5.79 Å². The van der Waals surface area contributed by atoms with Crippen LogP contribution < -0.4 is 10.5 Å². The Morgan fingerprint density at radius 2 is 1.88 bits per heavy atom. The summed E-state index contributed by atoms with van der Waals surface area (Å²) in [5.41, 5.74) is 2.31. The van der Waals surface area contributed by atoms with E-state index in [1.807, 2.05) is 32.9 Å². The summed E-state index contributed by atoms with van der Waals surface area (Å²) in [7, 11) is -3.79. The van der Waals surface area contributed by atoms with E-state index in [9.17, 15) is 8.42 Å². The Balaban J connectivity index is 0.000000488. The minimum atomic E-state index is -3.79. The summed E-state index contributed by atoms with van der Waals surface area (Å²) in [6, 6.07) is 0. The lowest BCUT2D eigenvalue weighted by Crippen LogP contribution is -2.21. The van der Waals surface area contributed by atoms with Gasteiger partial charge in [0.2, 0.25) is 0 Å².